The summed E-state index contributed by atoms with van der Waals surface area (Å²) in [7, 11) is 0. The number of carbonyl (C=O) groups is 2. The number of nitro groups is 1. The van der Waals surface area contributed by atoms with Crippen LogP contribution < -0.4 is 11.1 Å². The lowest BCUT2D eigenvalue weighted by Gasteiger charge is -2.24. The minimum absolute atomic E-state index is 0.0402. The number of carbonyl (C=O) groups excluding carboxylic acids is 2. The van der Waals surface area contributed by atoms with Crippen molar-refractivity contribution >= 4 is 23.2 Å². The summed E-state index contributed by atoms with van der Waals surface area (Å²) >= 11 is 0. The van der Waals surface area contributed by atoms with Crippen LogP contribution in [0.1, 0.15) is 19.8 Å². The number of hydrogen-bond donors (Lipinski definition) is 2. The standard InChI is InChI=1S/C14H18N4O4/c1-9(15)14(20)17-8-2-3-12(17)13(19)16-10-4-6-11(7-5-10)18(21)22/h4-7,9,12H,2-3,8,15H2,1H3,(H,16,19)/p+1. The molecule has 2 unspecified atom stereocenters. The second-order valence-electron chi connectivity index (χ2n) is 5.38. The van der Waals surface area contributed by atoms with Crippen molar-refractivity contribution in [3.05, 3.63) is 34.4 Å². The molecule has 8 heteroatoms. The highest BCUT2D eigenvalue weighted by Crippen LogP contribution is 2.21. The van der Waals surface area contributed by atoms with Gasteiger partial charge in [-0.05, 0) is 31.9 Å². The molecule has 1 aliphatic heterocycles. The fourth-order valence-corrected chi connectivity index (χ4v) is 2.48. The number of hydrogen-bond acceptors (Lipinski definition) is 4. The quantitative estimate of drug-likeness (QED) is 0.607. The van der Waals surface area contributed by atoms with Gasteiger partial charge in [-0.1, -0.05) is 0 Å². The maximum Gasteiger partial charge on any atom is 0.281 e. The zero-order chi connectivity index (χ0) is 16.3. The largest absolute Gasteiger partial charge is 0.348 e. The third-order valence-corrected chi connectivity index (χ3v) is 3.61. The van der Waals surface area contributed by atoms with Gasteiger partial charge in [-0.2, -0.15) is 0 Å². The predicted molar refractivity (Wildman–Crippen MR) is 78.8 cm³/mol. The van der Waals surface area contributed by atoms with E-state index in [1.54, 1.807) is 11.8 Å². The van der Waals surface area contributed by atoms with Gasteiger partial charge in [-0.15, -0.1) is 0 Å². The van der Waals surface area contributed by atoms with E-state index in [9.17, 15) is 19.7 Å². The summed E-state index contributed by atoms with van der Waals surface area (Å²) in [5.74, 6) is -0.415. The zero-order valence-electron chi connectivity index (χ0n) is 12.3. The van der Waals surface area contributed by atoms with E-state index in [4.69, 9.17) is 0 Å². The number of amides is 2. The van der Waals surface area contributed by atoms with E-state index in [2.05, 4.69) is 11.1 Å². The molecule has 1 fully saturated rings. The molecule has 22 heavy (non-hydrogen) atoms. The summed E-state index contributed by atoms with van der Waals surface area (Å²) in [6.07, 6.45) is 1.38. The number of benzene rings is 1. The van der Waals surface area contributed by atoms with Crippen LogP contribution in [-0.2, 0) is 9.59 Å². The lowest BCUT2D eigenvalue weighted by molar-refractivity contribution is -0.400. The summed E-state index contributed by atoms with van der Waals surface area (Å²) in [5.41, 5.74) is 4.13. The first-order valence-corrected chi connectivity index (χ1v) is 7.09. The van der Waals surface area contributed by atoms with Crippen molar-refractivity contribution in [3.8, 4) is 0 Å². The molecule has 0 aromatic heterocycles. The number of likely N-dealkylation sites (tertiary alicyclic amines) is 1. The Kier molecular flexibility index (Phi) is 4.71. The monoisotopic (exact) mass is 307 g/mol. The maximum absolute atomic E-state index is 12.3. The molecule has 2 amide bonds. The van der Waals surface area contributed by atoms with E-state index in [0.717, 1.165) is 6.42 Å². The summed E-state index contributed by atoms with van der Waals surface area (Å²) in [6.45, 7) is 2.25. The normalized spacial score (nSPS) is 18.8. The van der Waals surface area contributed by atoms with Gasteiger partial charge in [0.15, 0.2) is 6.04 Å². The number of nitro benzene ring substituents is 1. The van der Waals surface area contributed by atoms with Gasteiger partial charge in [0.25, 0.3) is 11.6 Å². The summed E-state index contributed by atoms with van der Waals surface area (Å²) in [5, 5.41) is 13.3. The van der Waals surface area contributed by atoms with Crippen molar-refractivity contribution in [3.63, 3.8) is 0 Å². The highest BCUT2D eigenvalue weighted by atomic mass is 16.6. The lowest BCUT2D eigenvalue weighted by atomic mass is 10.2. The molecule has 0 aliphatic carbocycles. The SMILES string of the molecule is CC([NH3+])C(=O)N1CCCC1C(=O)Nc1ccc([N+](=O)[O-])cc1. The Morgan fingerprint density at radius 3 is 2.59 bits per heavy atom. The smallest absolute Gasteiger partial charge is 0.281 e. The summed E-state index contributed by atoms with van der Waals surface area (Å²) < 4.78 is 0. The van der Waals surface area contributed by atoms with E-state index in [1.807, 2.05) is 0 Å². The van der Waals surface area contributed by atoms with Crippen LogP contribution in [0.5, 0.6) is 0 Å². The van der Waals surface area contributed by atoms with Crippen molar-refractivity contribution in [1.82, 2.24) is 4.90 Å². The van der Waals surface area contributed by atoms with E-state index in [-0.39, 0.29) is 17.5 Å². The minimum atomic E-state index is -0.508. The van der Waals surface area contributed by atoms with E-state index in [0.29, 0.717) is 18.7 Å². The molecule has 4 N–H and O–H groups in total. The molecule has 0 spiro atoms. The van der Waals surface area contributed by atoms with Crippen LogP contribution in [0, 0.1) is 10.1 Å². The molecule has 1 aromatic carbocycles. The molecule has 1 aromatic rings. The molecule has 118 valence electrons. The first-order valence-electron chi connectivity index (χ1n) is 7.09. The maximum atomic E-state index is 12.3. The third kappa shape index (κ3) is 3.40. The van der Waals surface area contributed by atoms with E-state index < -0.39 is 17.0 Å². The van der Waals surface area contributed by atoms with Crippen LogP contribution in [0.2, 0.25) is 0 Å². The highest BCUT2D eigenvalue weighted by molar-refractivity contribution is 5.98. The number of rotatable bonds is 4. The third-order valence-electron chi connectivity index (χ3n) is 3.61. The Balaban J connectivity index is 2.05. The van der Waals surface area contributed by atoms with Crippen molar-refractivity contribution in [2.24, 2.45) is 0 Å². The molecule has 1 aliphatic rings. The number of nitrogens with zero attached hydrogens (tertiary/aromatic N) is 2. The Labute approximate surface area is 127 Å². The molecule has 0 bridgehead atoms. The Morgan fingerprint density at radius 1 is 1.41 bits per heavy atom. The molecule has 0 radical (unpaired) electrons. The molecular formula is C14H19N4O4+. The molecule has 1 saturated heterocycles. The molecular weight excluding hydrogens is 288 g/mol. The highest BCUT2D eigenvalue weighted by Gasteiger charge is 2.36. The van der Waals surface area contributed by atoms with Crippen molar-refractivity contribution < 1.29 is 20.2 Å². The average molecular weight is 307 g/mol. The predicted octanol–water partition coefficient (Wildman–Crippen LogP) is 0.155. The summed E-state index contributed by atoms with van der Waals surface area (Å²) in [4.78, 5) is 36.0. The molecule has 1 heterocycles. The summed E-state index contributed by atoms with van der Waals surface area (Å²) in [6, 6.07) is 4.69. The van der Waals surface area contributed by atoms with Gasteiger partial charge in [0, 0.05) is 24.4 Å². The molecule has 0 saturated carbocycles. The number of quaternary nitrogens is 1. The Bertz CT molecular complexity index is 585. The molecule has 2 atom stereocenters. The van der Waals surface area contributed by atoms with Gasteiger partial charge in [0.2, 0.25) is 5.91 Å². The van der Waals surface area contributed by atoms with Gasteiger partial charge in [-0.25, -0.2) is 0 Å². The van der Waals surface area contributed by atoms with Gasteiger partial charge >= 0.3 is 0 Å². The van der Waals surface area contributed by atoms with Gasteiger partial charge < -0.3 is 16.0 Å². The van der Waals surface area contributed by atoms with Crippen molar-refractivity contribution in [2.45, 2.75) is 31.8 Å². The van der Waals surface area contributed by atoms with Crippen molar-refractivity contribution in [1.29, 1.82) is 0 Å². The van der Waals surface area contributed by atoms with Crippen molar-refractivity contribution in [2.75, 3.05) is 11.9 Å². The molecule has 8 nitrogen and oxygen atoms in total. The Morgan fingerprint density at radius 2 is 2.05 bits per heavy atom. The van der Waals surface area contributed by atoms with Gasteiger partial charge in [0.1, 0.15) is 6.04 Å². The van der Waals surface area contributed by atoms with Gasteiger partial charge in [0.05, 0.1) is 4.92 Å². The van der Waals surface area contributed by atoms with Gasteiger partial charge in [-0.3, -0.25) is 19.7 Å². The van der Waals surface area contributed by atoms with Crippen LogP contribution >= 0.6 is 0 Å². The Hall–Kier alpha value is -2.48. The van der Waals surface area contributed by atoms with Crippen LogP contribution in [0.15, 0.2) is 24.3 Å². The molecule has 2 rings (SSSR count). The first-order chi connectivity index (χ1) is 10.4. The fraction of sp³-hybridized carbons (Fsp3) is 0.429. The van der Waals surface area contributed by atoms with E-state index in [1.165, 1.54) is 24.3 Å². The van der Waals surface area contributed by atoms with E-state index >= 15 is 0 Å². The minimum Gasteiger partial charge on any atom is -0.348 e. The second kappa shape index (κ2) is 6.52. The van der Waals surface area contributed by atoms with Crippen LogP contribution in [-0.4, -0.2) is 40.3 Å². The average Bonchev–Trinajstić information content (AvgIpc) is 2.96. The van der Waals surface area contributed by atoms with Crippen LogP contribution in [0.4, 0.5) is 11.4 Å². The first kappa shape index (κ1) is 15.9. The fourth-order valence-electron chi connectivity index (χ4n) is 2.48. The van der Waals surface area contributed by atoms with Crippen LogP contribution in [0.25, 0.3) is 0 Å². The van der Waals surface area contributed by atoms with Crippen LogP contribution in [0.3, 0.4) is 0 Å². The second-order valence-corrected chi connectivity index (χ2v) is 5.38. The lowest BCUT2D eigenvalue weighted by Crippen LogP contribution is -2.67. The topological polar surface area (TPSA) is 120 Å². The number of anilines is 1. The number of non-ortho nitro benzene ring substituents is 1. The number of nitrogens with one attached hydrogen (secondary N) is 1. The zero-order valence-corrected chi connectivity index (χ0v) is 12.3.